The first-order valence-corrected chi connectivity index (χ1v) is 14.5. The van der Waals surface area contributed by atoms with Gasteiger partial charge in [0.05, 0.1) is 29.7 Å². The number of aromatic nitrogens is 4. The van der Waals surface area contributed by atoms with Crippen LogP contribution in [-0.2, 0) is 27.5 Å². The molecule has 2 aliphatic heterocycles. The van der Waals surface area contributed by atoms with Crippen LogP contribution >= 0.6 is 0 Å². The quantitative estimate of drug-likeness (QED) is 0.207. The Kier molecular flexibility index (Phi) is 7.28. The summed E-state index contributed by atoms with van der Waals surface area (Å²) in [5.41, 5.74) is 2.51. The van der Waals surface area contributed by atoms with Crippen molar-refractivity contribution in [3.63, 3.8) is 0 Å². The van der Waals surface area contributed by atoms with Crippen LogP contribution in [0.1, 0.15) is 56.6 Å². The van der Waals surface area contributed by atoms with Crippen molar-refractivity contribution in [2.45, 2.75) is 38.0 Å². The van der Waals surface area contributed by atoms with Gasteiger partial charge in [-0.05, 0) is 42.8 Å². The van der Waals surface area contributed by atoms with E-state index in [-0.39, 0.29) is 43.0 Å². The van der Waals surface area contributed by atoms with Gasteiger partial charge in [0.25, 0.3) is 11.8 Å². The van der Waals surface area contributed by atoms with E-state index >= 15 is 0 Å². The predicted molar refractivity (Wildman–Crippen MR) is 161 cm³/mol. The molecule has 5 amide bonds. The number of anilines is 1. The maximum absolute atomic E-state index is 13.4. The lowest BCUT2D eigenvalue weighted by Gasteiger charge is -2.27. The molecule has 6 heterocycles. The maximum Gasteiger partial charge on any atom is 0.264 e. The lowest BCUT2D eigenvalue weighted by atomic mass is 10.0. The van der Waals surface area contributed by atoms with Crippen molar-refractivity contribution in [3.8, 4) is 0 Å². The number of imidazole rings is 1. The number of rotatable bonds is 9. The number of pyridine rings is 2. The fourth-order valence-corrected chi connectivity index (χ4v) is 5.71. The van der Waals surface area contributed by atoms with Crippen LogP contribution in [-0.4, -0.2) is 60.0 Å². The van der Waals surface area contributed by atoms with Crippen molar-refractivity contribution in [1.29, 1.82) is 0 Å². The van der Waals surface area contributed by atoms with Crippen molar-refractivity contribution in [2.75, 3.05) is 5.32 Å². The highest BCUT2D eigenvalue weighted by Gasteiger charge is 2.45. The second-order valence-corrected chi connectivity index (χ2v) is 10.9. The van der Waals surface area contributed by atoms with Crippen LogP contribution in [0.25, 0.3) is 11.1 Å². The Balaban J connectivity index is 1.03. The molecule has 4 aromatic heterocycles. The normalized spacial score (nSPS) is 16.8. The highest BCUT2D eigenvalue weighted by molar-refractivity contribution is 6.25. The van der Waals surface area contributed by atoms with Gasteiger partial charge in [0.2, 0.25) is 23.4 Å². The van der Waals surface area contributed by atoms with Crippen molar-refractivity contribution in [1.82, 2.24) is 35.1 Å². The summed E-state index contributed by atoms with van der Waals surface area (Å²) in [6.07, 6.45) is 8.28. The second-order valence-electron chi connectivity index (χ2n) is 10.9. The average Bonchev–Trinajstić information content (AvgIpc) is 3.76. The van der Waals surface area contributed by atoms with E-state index in [1.807, 2.05) is 24.3 Å². The zero-order valence-electron chi connectivity index (χ0n) is 24.2. The van der Waals surface area contributed by atoms with Crippen LogP contribution in [0.4, 0.5) is 5.69 Å². The SMILES string of the molecule is O=C1CCC(N2C(=O)c3cccc(NCc4cn(CC(=O)NC(c5cccnc5)c5cc6cccnc6o5)cn4)c3C2=O)C(=O)N1. The molecule has 0 saturated carbocycles. The Labute approximate surface area is 260 Å². The third-order valence-corrected chi connectivity index (χ3v) is 7.86. The molecule has 1 fully saturated rings. The molecule has 0 bridgehead atoms. The number of nitrogens with one attached hydrogen (secondary N) is 3. The van der Waals surface area contributed by atoms with E-state index in [1.54, 1.807) is 47.6 Å². The predicted octanol–water partition coefficient (Wildman–Crippen LogP) is 2.34. The number of nitrogens with zero attached hydrogens (tertiary/aromatic N) is 5. The Morgan fingerprint density at radius 1 is 1.04 bits per heavy atom. The summed E-state index contributed by atoms with van der Waals surface area (Å²) in [5, 5.41) is 9.17. The van der Waals surface area contributed by atoms with Crippen LogP contribution in [0.2, 0.25) is 0 Å². The Morgan fingerprint density at radius 2 is 1.91 bits per heavy atom. The van der Waals surface area contributed by atoms with Crippen molar-refractivity contribution >= 4 is 46.3 Å². The van der Waals surface area contributed by atoms with Gasteiger partial charge in [-0.15, -0.1) is 0 Å². The second kappa shape index (κ2) is 11.7. The largest absolute Gasteiger partial charge is 0.440 e. The number of furan rings is 1. The molecular weight excluding hydrogens is 592 g/mol. The number of carbonyl (C=O) groups is 5. The topological polar surface area (TPSA) is 181 Å². The zero-order chi connectivity index (χ0) is 31.8. The first-order chi connectivity index (χ1) is 22.4. The van der Waals surface area contributed by atoms with Gasteiger partial charge in [-0.2, -0.15) is 0 Å². The molecule has 2 atom stereocenters. The molecule has 2 aliphatic rings. The number of fused-ring (bicyclic) bond motifs is 2. The highest BCUT2D eigenvalue weighted by Crippen LogP contribution is 2.33. The molecular formula is C32H26N8O6. The van der Waals surface area contributed by atoms with Gasteiger partial charge in [-0.3, -0.25) is 39.2 Å². The average molecular weight is 619 g/mol. The smallest absolute Gasteiger partial charge is 0.264 e. The summed E-state index contributed by atoms with van der Waals surface area (Å²) in [5.74, 6) is -2.08. The third kappa shape index (κ3) is 5.36. The van der Waals surface area contributed by atoms with E-state index in [4.69, 9.17) is 4.42 Å². The Morgan fingerprint density at radius 3 is 2.72 bits per heavy atom. The summed E-state index contributed by atoms with van der Waals surface area (Å²) in [4.78, 5) is 77.4. The summed E-state index contributed by atoms with van der Waals surface area (Å²) in [7, 11) is 0. The maximum atomic E-state index is 13.4. The van der Waals surface area contributed by atoms with E-state index in [0.717, 1.165) is 15.8 Å². The number of piperidine rings is 1. The monoisotopic (exact) mass is 618 g/mol. The number of benzene rings is 1. The lowest BCUT2D eigenvalue weighted by Crippen LogP contribution is -2.54. The number of imide groups is 2. The van der Waals surface area contributed by atoms with E-state index < -0.39 is 35.7 Å². The van der Waals surface area contributed by atoms with Crippen molar-refractivity contribution < 1.29 is 28.4 Å². The van der Waals surface area contributed by atoms with Gasteiger partial charge < -0.3 is 19.6 Å². The fourth-order valence-electron chi connectivity index (χ4n) is 5.71. The van der Waals surface area contributed by atoms with E-state index in [2.05, 4.69) is 30.9 Å². The molecule has 3 N–H and O–H groups in total. The first kappa shape index (κ1) is 28.6. The van der Waals surface area contributed by atoms with Crippen LogP contribution < -0.4 is 16.0 Å². The summed E-state index contributed by atoms with van der Waals surface area (Å²) >= 11 is 0. The van der Waals surface area contributed by atoms with Crippen molar-refractivity contribution in [3.05, 3.63) is 108 Å². The van der Waals surface area contributed by atoms with Crippen LogP contribution in [0.3, 0.4) is 0 Å². The zero-order valence-corrected chi connectivity index (χ0v) is 24.2. The lowest BCUT2D eigenvalue weighted by molar-refractivity contribution is -0.136. The third-order valence-electron chi connectivity index (χ3n) is 7.86. The molecule has 14 nitrogen and oxygen atoms in total. The molecule has 5 aromatic rings. The molecule has 1 aromatic carbocycles. The molecule has 14 heteroatoms. The number of amides is 5. The molecule has 2 unspecified atom stereocenters. The van der Waals surface area contributed by atoms with Gasteiger partial charge in [0.1, 0.15) is 24.4 Å². The molecule has 0 spiro atoms. The highest BCUT2D eigenvalue weighted by atomic mass is 16.3. The minimum Gasteiger partial charge on any atom is -0.440 e. The van der Waals surface area contributed by atoms with Gasteiger partial charge in [0.15, 0.2) is 0 Å². The Bertz CT molecular complexity index is 1990. The van der Waals surface area contributed by atoms with Crippen LogP contribution in [0.5, 0.6) is 0 Å². The summed E-state index contributed by atoms with van der Waals surface area (Å²) in [6.45, 7) is 0.159. The first-order valence-electron chi connectivity index (χ1n) is 14.5. The molecule has 0 aliphatic carbocycles. The number of carbonyl (C=O) groups excluding carboxylic acids is 5. The van der Waals surface area contributed by atoms with Gasteiger partial charge in [-0.1, -0.05) is 12.1 Å². The molecule has 230 valence electrons. The number of hydrogen-bond acceptors (Lipinski definition) is 10. The van der Waals surface area contributed by atoms with Crippen LogP contribution in [0.15, 0.2) is 84.1 Å². The van der Waals surface area contributed by atoms with E-state index in [0.29, 0.717) is 22.9 Å². The summed E-state index contributed by atoms with van der Waals surface area (Å²) < 4.78 is 7.57. The number of hydrogen-bond donors (Lipinski definition) is 3. The fraction of sp³-hybridized carbons (Fsp3) is 0.188. The van der Waals surface area contributed by atoms with Crippen molar-refractivity contribution in [2.24, 2.45) is 0 Å². The minimum atomic E-state index is -1.05. The van der Waals surface area contributed by atoms with Gasteiger partial charge in [0, 0.05) is 47.8 Å². The van der Waals surface area contributed by atoms with E-state index in [9.17, 15) is 24.0 Å². The van der Waals surface area contributed by atoms with Gasteiger partial charge >= 0.3 is 0 Å². The Hall–Kier alpha value is -6.18. The van der Waals surface area contributed by atoms with E-state index in [1.165, 1.54) is 12.4 Å². The van der Waals surface area contributed by atoms with Gasteiger partial charge in [-0.25, -0.2) is 9.97 Å². The molecule has 7 rings (SSSR count). The standard InChI is InChI=1S/C32H26N8O6/c41-25-9-8-23(29(43)38-25)40-31(44)21-6-1-7-22(27(21)32(40)45)35-14-20-15-39(17-36-20)16-26(42)37-28(19-5-2-10-33-13-19)24-12-18-4-3-11-34-30(18)46-24/h1-7,10-13,15,17,23,28,35H,8-9,14,16H2,(H,37,42)(H,38,41,43). The minimum absolute atomic E-state index is 0.0309. The molecule has 1 saturated heterocycles. The molecule has 0 radical (unpaired) electrons. The van der Waals surface area contributed by atoms with Crippen LogP contribution in [0, 0.1) is 0 Å². The summed E-state index contributed by atoms with van der Waals surface area (Å²) in [6, 6.07) is 12.3. The molecule has 46 heavy (non-hydrogen) atoms.